The third kappa shape index (κ3) is 2.99. The predicted molar refractivity (Wildman–Crippen MR) is 103 cm³/mol. The molecule has 0 bridgehead atoms. The van der Waals surface area contributed by atoms with Crippen LogP contribution in [0.2, 0.25) is 0 Å². The van der Waals surface area contributed by atoms with Crippen molar-refractivity contribution in [2.45, 2.75) is 26.4 Å². The van der Waals surface area contributed by atoms with E-state index in [0.29, 0.717) is 10.9 Å². The highest BCUT2D eigenvalue weighted by Crippen LogP contribution is 2.29. The molecule has 3 heterocycles. The van der Waals surface area contributed by atoms with E-state index < -0.39 is 6.17 Å². The molecule has 132 valence electrons. The number of para-hydroxylation sites is 1. The molecule has 4 rings (SSSR count). The number of nitrogens with one attached hydrogen (secondary N) is 1. The van der Waals surface area contributed by atoms with Gasteiger partial charge in [0.05, 0.1) is 11.1 Å². The Labute approximate surface area is 155 Å². The Morgan fingerprint density at radius 1 is 1.19 bits per heavy atom. The first-order valence-electron chi connectivity index (χ1n) is 8.60. The number of amides is 1. The van der Waals surface area contributed by atoms with Crippen LogP contribution in [-0.4, -0.2) is 26.8 Å². The molecule has 2 aliphatic rings. The number of fused-ring (bicyclic) bond motifs is 2. The van der Waals surface area contributed by atoms with Crippen LogP contribution in [0.4, 0.5) is 0 Å². The maximum absolute atomic E-state index is 12.9. The molecule has 1 N–H and O–H groups in total. The molecule has 0 aliphatic carbocycles. The number of carbonyl (C=O) groups is 1. The molecular weight excluding hydrogens is 346 g/mol. The van der Waals surface area contributed by atoms with Gasteiger partial charge >= 0.3 is 0 Å². The van der Waals surface area contributed by atoms with E-state index in [1.807, 2.05) is 49.4 Å². The minimum Gasteiger partial charge on any atom is -0.298 e. The van der Waals surface area contributed by atoms with Crippen LogP contribution in [0.1, 0.15) is 30.9 Å². The molecule has 1 aromatic carbocycles. The second-order valence-corrected chi connectivity index (χ2v) is 7.21. The maximum atomic E-state index is 12.9. The number of nitrogens with zero attached hydrogens (tertiary/aromatic N) is 4. The quantitative estimate of drug-likeness (QED) is 0.898. The number of carbonyl (C=O) groups excluding carboxylic acids is 1. The van der Waals surface area contributed by atoms with Crippen LogP contribution in [-0.2, 0) is 4.79 Å². The van der Waals surface area contributed by atoms with Gasteiger partial charge < -0.3 is 0 Å². The van der Waals surface area contributed by atoms with Crippen LogP contribution in [0, 0.1) is 6.92 Å². The number of thioether (sulfide) groups is 1. The average Bonchev–Trinajstić information content (AvgIpc) is 2.65. The number of hydrogen-bond donors (Lipinski definition) is 1. The van der Waals surface area contributed by atoms with Gasteiger partial charge in [-0.25, -0.2) is 5.01 Å². The summed E-state index contributed by atoms with van der Waals surface area (Å²) in [6.45, 7) is 4.04. The Bertz CT molecular complexity index is 1020. The Morgan fingerprint density at radius 2 is 2.04 bits per heavy atom. The van der Waals surface area contributed by atoms with Crippen LogP contribution >= 0.6 is 11.8 Å². The molecule has 1 amide bonds. The monoisotopic (exact) mass is 365 g/mol. The van der Waals surface area contributed by atoms with Crippen molar-refractivity contribution in [1.82, 2.24) is 15.3 Å². The van der Waals surface area contributed by atoms with E-state index in [2.05, 4.69) is 22.3 Å². The lowest BCUT2D eigenvalue weighted by atomic mass is 10.1. The van der Waals surface area contributed by atoms with Crippen molar-refractivity contribution in [3.8, 4) is 0 Å². The maximum Gasteiger partial charge on any atom is 0.276 e. The van der Waals surface area contributed by atoms with Crippen LogP contribution < -0.4 is 15.9 Å². The van der Waals surface area contributed by atoms with Crippen LogP contribution in [0.3, 0.4) is 0 Å². The summed E-state index contributed by atoms with van der Waals surface area (Å²) in [5.41, 5.74) is 2.20. The van der Waals surface area contributed by atoms with Crippen molar-refractivity contribution in [2.24, 2.45) is 10.1 Å². The minimum absolute atomic E-state index is 0.154. The average molecular weight is 365 g/mol. The number of benzene rings is 1. The van der Waals surface area contributed by atoms with Gasteiger partial charge in [-0.2, -0.15) is 0 Å². The van der Waals surface area contributed by atoms with E-state index in [9.17, 15) is 4.79 Å². The SMILES string of the molecule is CCCSC1=NN2C(=c3ccccc3=NC2c2cccc(C)n2)C(=O)N1. The number of pyridine rings is 1. The first-order valence-corrected chi connectivity index (χ1v) is 9.58. The summed E-state index contributed by atoms with van der Waals surface area (Å²) in [7, 11) is 0. The molecule has 0 spiro atoms. The minimum atomic E-state index is -0.455. The lowest BCUT2D eigenvalue weighted by Gasteiger charge is -2.33. The molecule has 26 heavy (non-hydrogen) atoms. The Balaban J connectivity index is 1.90. The highest BCUT2D eigenvalue weighted by Gasteiger charge is 2.34. The van der Waals surface area contributed by atoms with Gasteiger partial charge in [0.15, 0.2) is 11.3 Å². The van der Waals surface area contributed by atoms with Gasteiger partial charge in [-0.1, -0.05) is 43.0 Å². The third-order valence-electron chi connectivity index (χ3n) is 4.13. The molecule has 0 saturated carbocycles. The van der Waals surface area contributed by atoms with Crippen molar-refractivity contribution in [1.29, 1.82) is 0 Å². The molecule has 2 aromatic rings. The Morgan fingerprint density at radius 3 is 2.85 bits per heavy atom. The highest BCUT2D eigenvalue weighted by molar-refractivity contribution is 8.13. The Hall–Kier alpha value is -2.67. The summed E-state index contributed by atoms with van der Waals surface area (Å²) in [6.07, 6.45) is 0.551. The Kier molecular flexibility index (Phi) is 4.46. The molecule has 0 fully saturated rings. The normalized spacial score (nSPS) is 18.5. The number of aryl methyl sites for hydroxylation is 1. The van der Waals surface area contributed by atoms with Gasteiger partial charge in [-0.05, 0) is 31.5 Å². The molecule has 7 heteroatoms. The van der Waals surface area contributed by atoms with E-state index in [4.69, 9.17) is 4.99 Å². The largest absolute Gasteiger partial charge is 0.298 e. The van der Waals surface area contributed by atoms with Crippen molar-refractivity contribution in [3.63, 3.8) is 0 Å². The zero-order valence-corrected chi connectivity index (χ0v) is 15.5. The van der Waals surface area contributed by atoms with Gasteiger partial charge in [0, 0.05) is 16.7 Å². The van der Waals surface area contributed by atoms with E-state index in [0.717, 1.165) is 34.1 Å². The van der Waals surface area contributed by atoms with E-state index in [1.165, 1.54) is 11.8 Å². The molecular formula is C19H19N5OS. The first kappa shape index (κ1) is 16.8. The van der Waals surface area contributed by atoms with Gasteiger partial charge in [-0.3, -0.25) is 20.1 Å². The number of aromatic nitrogens is 1. The number of amidine groups is 1. The molecule has 1 aromatic heterocycles. The fourth-order valence-electron chi connectivity index (χ4n) is 2.99. The second-order valence-electron chi connectivity index (χ2n) is 6.12. The van der Waals surface area contributed by atoms with Gasteiger partial charge in [0.1, 0.15) is 5.70 Å². The van der Waals surface area contributed by atoms with Gasteiger partial charge in [0.25, 0.3) is 5.91 Å². The van der Waals surface area contributed by atoms with Crippen LogP contribution in [0.15, 0.2) is 52.6 Å². The fourth-order valence-corrected chi connectivity index (χ4v) is 3.70. The number of hydrazone groups is 1. The van der Waals surface area contributed by atoms with Gasteiger partial charge in [-0.15, -0.1) is 5.10 Å². The first-order chi connectivity index (χ1) is 12.7. The van der Waals surface area contributed by atoms with Crippen molar-refractivity contribution in [2.75, 3.05) is 5.75 Å². The molecule has 1 unspecified atom stereocenters. The van der Waals surface area contributed by atoms with E-state index in [-0.39, 0.29) is 5.91 Å². The summed E-state index contributed by atoms with van der Waals surface area (Å²) in [5.74, 6) is 0.738. The fraction of sp³-hybridized carbons (Fsp3) is 0.263. The third-order valence-corrected chi connectivity index (χ3v) is 5.20. The molecule has 1 atom stereocenters. The zero-order valence-electron chi connectivity index (χ0n) is 14.6. The van der Waals surface area contributed by atoms with Crippen molar-refractivity contribution in [3.05, 3.63) is 64.4 Å². The summed E-state index contributed by atoms with van der Waals surface area (Å²) >= 11 is 1.54. The van der Waals surface area contributed by atoms with E-state index in [1.54, 1.807) is 5.01 Å². The lowest BCUT2D eigenvalue weighted by Crippen LogP contribution is -2.50. The predicted octanol–water partition coefficient (Wildman–Crippen LogP) is 1.68. The molecule has 2 aliphatic heterocycles. The van der Waals surface area contributed by atoms with Crippen molar-refractivity contribution >= 4 is 28.5 Å². The molecule has 0 radical (unpaired) electrons. The van der Waals surface area contributed by atoms with E-state index >= 15 is 0 Å². The lowest BCUT2D eigenvalue weighted by molar-refractivity contribution is -0.116. The van der Waals surface area contributed by atoms with Crippen LogP contribution in [0.5, 0.6) is 0 Å². The summed E-state index contributed by atoms with van der Waals surface area (Å²) < 4.78 is 0. The summed E-state index contributed by atoms with van der Waals surface area (Å²) in [5, 5.41) is 11.5. The summed E-state index contributed by atoms with van der Waals surface area (Å²) in [6, 6.07) is 13.5. The molecule has 6 nitrogen and oxygen atoms in total. The highest BCUT2D eigenvalue weighted by atomic mass is 32.2. The van der Waals surface area contributed by atoms with Crippen LogP contribution in [0.25, 0.3) is 5.70 Å². The summed E-state index contributed by atoms with van der Waals surface area (Å²) in [4.78, 5) is 22.3. The van der Waals surface area contributed by atoms with Crippen molar-refractivity contribution < 1.29 is 4.79 Å². The number of hydrogen-bond acceptors (Lipinski definition) is 6. The standard InChI is InChI=1S/C19H19N5OS/c1-3-11-26-19-22-18(25)16-13-8-4-5-9-14(13)21-17(24(16)23-19)15-10-6-7-12(2)20-15/h4-10,17H,3,11H2,1-2H3,(H,22,23,25). The second kappa shape index (κ2) is 6.92. The van der Waals surface area contributed by atoms with Gasteiger partial charge in [0.2, 0.25) is 0 Å². The molecule has 0 saturated heterocycles. The topological polar surface area (TPSA) is 70.0 Å². The number of rotatable bonds is 3. The zero-order chi connectivity index (χ0) is 18.1. The smallest absolute Gasteiger partial charge is 0.276 e.